The predicted molar refractivity (Wildman–Crippen MR) is 123 cm³/mol. The molecule has 0 aromatic rings. The molecule has 0 aliphatic rings. The number of rotatable bonds is 24. The third kappa shape index (κ3) is 19.0. The second kappa shape index (κ2) is 23.7. The van der Waals surface area contributed by atoms with Crippen LogP contribution < -0.4 is 5.32 Å². The molecule has 11 heteroatoms. The van der Waals surface area contributed by atoms with Crippen LogP contribution in [0.5, 0.6) is 0 Å². The lowest BCUT2D eigenvalue weighted by Gasteiger charge is -2.21. The van der Waals surface area contributed by atoms with E-state index in [0.717, 1.165) is 17.9 Å². The Labute approximate surface area is 197 Å². The summed E-state index contributed by atoms with van der Waals surface area (Å²) in [6.45, 7) is 3.35. The average Bonchev–Trinajstić information content (AvgIpc) is 2.80. The minimum atomic E-state index is -0.208. The van der Waals surface area contributed by atoms with Gasteiger partial charge in [-0.3, -0.25) is 4.79 Å². The van der Waals surface area contributed by atoms with E-state index in [4.69, 9.17) is 37.9 Å². The predicted octanol–water partition coefficient (Wildman–Crippen LogP) is 0.961. The van der Waals surface area contributed by atoms with Crippen LogP contribution in [0.1, 0.15) is 12.8 Å². The van der Waals surface area contributed by atoms with E-state index in [-0.39, 0.29) is 30.9 Å². The number of carbonyl (C=O) groups excluding carboxylic acids is 1. The summed E-state index contributed by atoms with van der Waals surface area (Å²) < 4.78 is 43.1. The first kappa shape index (κ1) is 31.5. The summed E-state index contributed by atoms with van der Waals surface area (Å²) >= 11 is 1.72. The zero-order chi connectivity index (χ0) is 23.9. The van der Waals surface area contributed by atoms with Crippen molar-refractivity contribution in [3.63, 3.8) is 0 Å². The van der Waals surface area contributed by atoms with Crippen LogP contribution in [-0.4, -0.2) is 124 Å². The minimum Gasteiger partial charge on any atom is -0.382 e. The Morgan fingerprint density at radius 2 is 1.31 bits per heavy atom. The maximum atomic E-state index is 11.5. The van der Waals surface area contributed by atoms with E-state index < -0.39 is 0 Å². The van der Waals surface area contributed by atoms with Gasteiger partial charge in [-0.15, -0.1) is 0 Å². The summed E-state index contributed by atoms with van der Waals surface area (Å²) in [5.41, 5.74) is 0. The molecule has 10 nitrogen and oxygen atoms in total. The molecule has 0 rings (SSSR count). The molecular formula is C21H43NO9S. The molecule has 1 amide bonds. The fourth-order valence-electron chi connectivity index (χ4n) is 2.47. The second-order valence-corrected chi connectivity index (χ2v) is 8.17. The fraction of sp³-hybridized carbons (Fsp3) is 0.952. The normalized spacial score (nSPS) is 14.3. The molecule has 32 heavy (non-hydrogen) atoms. The molecule has 0 spiro atoms. The quantitative estimate of drug-likeness (QED) is 0.157. The lowest BCUT2D eigenvalue weighted by atomic mass is 10.3. The van der Waals surface area contributed by atoms with Crippen molar-refractivity contribution in [2.24, 2.45) is 0 Å². The van der Waals surface area contributed by atoms with Crippen molar-refractivity contribution in [2.45, 2.75) is 31.2 Å². The monoisotopic (exact) mass is 485 g/mol. The zero-order valence-electron chi connectivity index (χ0n) is 20.3. The molecule has 0 heterocycles. The van der Waals surface area contributed by atoms with Crippen molar-refractivity contribution in [3.8, 4) is 0 Å². The molecule has 0 saturated carbocycles. The number of ether oxygens (including phenoxy) is 8. The Bertz CT molecular complexity index is 401. The van der Waals surface area contributed by atoms with Gasteiger partial charge in [-0.1, -0.05) is 0 Å². The Hall–Kier alpha value is -0.500. The van der Waals surface area contributed by atoms with Gasteiger partial charge in [0.25, 0.3) is 0 Å². The molecule has 2 atom stereocenters. The number of amides is 1. The standard InChI is InChI=1S/C21H43NO9S/c1-24-11-18(27-4)13-29-15-20(16-30-14-19(28-5)12-25-2)31-8-6-9-32-10-7-21(23)22-17-26-3/h18-20H,6-17H2,1-5H3,(H,22,23). The molecule has 0 saturated heterocycles. The molecule has 0 aliphatic carbocycles. The van der Waals surface area contributed by atoms with Gasteiger partial charge in [0.15, 0.2) is 0 Å². The Balaban J connectivity index is 4.18. The molecule has 0 aromatic heterocycles. The van der Waals surface area contributed by atoms with Crippen LogP contribution in [0, 0.1) is 0 Å². The Morgan fingerprint density at radius 1 is 0.750 bits per heavy atom. The minimum absolute atomic E-state index is 0.00404. The van der Waals surface area contributed by atoms with Crippen molar-refractivity contribution in [3.05, 3.63) is 0 Å². The SMILES string of the molecule is COCNC(=O)CCSCCCOC(COCC(COC)OC)COCC(COC)OC. The van der Waals surface area contributed by atoms with Crippen molar-refractivity contribution >= 4 is 17.7 Å². The number of methoxy groups -OCH3 is 5. The number of hydrogen-bond donors (Lipinski definition) is 1. The van der Waals surface area contributed by atoms with Gasteiger partial charge in [0, 0.05) is 54.3 Å². The average molecular weight is 486 g/mol. The van der Waals surface area contributed by atoms with E-state index in [1.807, 2.05) is 0 Å². The first-order valence-corrected chi connectivity index (χ1v) is 11.9. The van der Waals surface area contributed by atoms with E-state index in [0.29, 0.717) is 52.7 Å². The highest BCUT2D eigenvalue weighted by Gasteiger charge is 2.15. The zero-order valence-corrected chi connectivity index (χ0v) is 21.1. The fourth-order valence-corrected chi connectivity index (χ4v) is 3.32. The summed E-state index contributed by atoms with van der Waals surface area (Å²) in [5.74, 6) is 1.67. The van der Waals surface area contributed by atoms with Crippen LogP contribution in [0.4, 0.5) is 0 Å². The van der Waals surface area contributed by atoms with Crippen molar-refractivity contribution in [1.29, 1.82) is 0 Å². The van der Waals surface area contributed by atoms with Gasteiger partial charge in [0.1, 0.15) is 25.0 Å². The van der Waals surface area contributed by atoms with Gasteiger partial charge < -0.3 is 43.2 Å². The largest absolute Gasteiger partial charge is 0.382 e. The summed E-state index contributed by atoms with van der Waals surface area (Å²) in [5, 5.41) is 2.67. The lowest BCUT2D eigenvalue weighted by molar-refractivity contribution is -0.122. The third-order valence-corrected chi connectivity index (χ3v) is 5.33. The second-order valence-electron chi connectivity index (χ2n) is 6.94. The molecule has 0 radical (unpaired) electrons. The first-order chi connectivity index (χ1) is 15.6. The van der Waals surface area contributed by atoms with Crippen molar-refractivity contribution in [1.82, 2.24) is 5.32 Å². The molecule has 1 N–H and O–H groups in total. The van der Waals surface area contributed by atoms with E-state index in [9.17, 15) is 4.79 Å². The van der Waals surface area contributed by atoms with Crippen LogP contribution >= 0.6 is 11.8 Å². The van der Waals surface area contributed by atoms with E-state index >= 15 is 0 Å². The van der Waals surface area contributed by atoms with E-state index in [2.05, 4.69) is 5.32 Å². The van der Waals surface area contributed by atoms with E-state index in [1.54, 1.807) is 47.3 Å². The van der Waals surface area contributed by atoms with Gasteiger partial charge in [-0.25, -0.2) is 0 Å². The Morgan fingerprint density at radius 3 is 1.81 bits per heavy atom. The number of nitrogens with one attached hydrogen (secondary N) is 1. The number of hydrogen-bond acceptors (Lipinski definition) is 10. The van der Waals surface area contributed by atoms with Crippen molar-refractivity contribution < 1.29 is 42.7 Å². The highest BCUT2D eigenvalue weighted by Crippen LogP contribution is 2.07. The summed E-state index contributed by atoms with van der Waals surface area (Å²) in [7, 11) is 8.06. The summed E-state index contributed by atoms with van der Waals surface area (Å²) in [4.78, 5) is 11.5. The van der Waals surface area contributed by atoms with Gasteiger partial charge in [0.05, 0.1) is 39.6 Å². The maximum absolute atomic E-state index is 11.5. The topological polar surface area (TPSA) is 103 Å². The molecule has 0 bridgehead atoms. The van der Waals surface area contributed by atoms with Crippen LogP contribution in [-0.2, 0) is 42.7 Å². The molecule has 0 fully saturated rings. The Kier molecular flexibility index (Phi) is 23.3. The summed E-state index contributed by atoms with van der Waals surface area (Å²) in [6, 6.07) is 0. The van der Waals surface area contributed by atoms with Gasteiger partial charge in [-0.2, -0.15) is 11.8 Å². The van der Waals surface area contributed by atoms with Crippen LogP contribution in [0.25, 0.3) is 0 Å². The molecule has 192 valence electrons. The van der Waals surface area contributed by atoms with Crippen LogP contribution in [0.15, 0.2) is 0 Å². The van der Waals surface area contributed by atoms with Crippen LogP contribution in [0.2, 0.25) is 0 Å². The first-order valence-electron chi connectivity index (χ1n) is 10.7. The number of thioether (sulfide) groups is 1. The van der Waals surface area contributed by atoms with Crippen LogP contribution in [0.3, 0.4) is 0 Å². The molecule has 2 unspecified atom stereocenters. The van der Waals surface area contributed by atoms with E-state index in [1.165, 1.54) is 0 Å². The molecule has 0 aromatic carbocycles. The highest BCUT2D eigenvalue weighted by molar-refractivity contribution is 7.99. The lowest BCUT2D eigenvalue weighted by Crippen LogP contribution is -2.32. The third-order valence-electron chi connectivity index (χ3n) is 4.26. The number of carbonyl (C=O) groups is 1. The smallest absolute Gasteiger partial charge is 0.222 e. The van der Waals surface area contributed by atoms with Crippen molar-refractivity contribution in [2.75, 3.05) is 100 Å². The molecular weight excluding hydrogens is 442 g/mol. The van der Waals surface area contributed by atoms with Gasteiger partial charge in [-0.05, 0) is 12.2 Å². The summed E-state index contributed by atoms with van der Waals surface area (Å²) in [6.07, 6.45) is 0.885. The maximum Gasteiger partial charge on any atom is 0.222 e. The van der Waals surface area contributed by atoms with Gasteiger partial charge >= 0.3 is 0 Å². The van der Waals surface area contributed by atoms with Gasteiger partial charge in [0.2, 0.25) is 5.91 Å². The molecule has 0 aliphatic heterocycles. The highest BCUT2D eigenvalue weighted by atomic mass is 32.2.